The summed E-state index contributed by atoms with van der Waals surface area (Å²) in [4.78, 5) is 10.3. The summed E-state index contributed by atoms with van der Waals surface area (Å²) >= 11 is 0. The van der Waals surface area contributed by atoms with Crippen molar-refractivity contribution >= 4 is 5.91 Å². The van der Waals surface area contributed by atoms with Gasteiger partial charge < -0.3 is 5.32 Å². The normalized spacial score (nSPS) is 10.9. The second-order valence-electron chi connectivity index (χ2n) is 2.01. The summed E-state index contributed by atoms with van der Waals surface area (Å²) < 4.78 is 0. The van der Waals surface area contributed by atoms with E-state index in [2.05, 4.69) is 5.32 Å². The molecule has 0 spiro atoms. The topological polar surface area (TPSA) is 29.1 Å². The molecular weight excluding hydrogens is 126 g/mol. The molecule has 0 heterocycles. The minimum Gasteiger partial charge on any atom is -0.354 e. The van der Waals surface area contributed by atoms with Crippen LogP contribution in [0.3, 0.4) is 0 Å². The van der Waals surface area contributed by atoms with Gasteiger partial charge in [-0.2, -0.15) is 0 Å². The second-order valence-corrected chi connectivity index (χ2v) is 2.01. The Morgan fingerprint density at radius 2 is 2.00 bits per heavy atom. The lowest BCUT2D eigenvalue weighted by Gasteiger charge is -2.07. The molecule has 64 valence electrons. The first kappa shape index (κ1) is 12.2. The molecule has 0 aliphatic carbocycles. The molecule has 0 radical (unpaired) electrons. The van der Waals surface area contributed by atoms with Gasteiger partial charge in [0.1, 0.15) is 0 Å². The van der Waals surface area contributed by atoms with Gasteiger partial charge in [0, 0.05) is 14.4 Å². The lowest BCUT2D eigenvalue weighted by atomic mass is 10.3. The van der Waals surface area contributed by atoms with Crippen molar-refractivity contribution < 1.29 is 6.22 Å². The van der Waals surface area contributed by atoms with Gasteiger partial charge in [-0.3, -0.25) is 4.79 Å². The number of amides is 1. The largest absolute Gasteiger partial charge is 0.354 e. The Morgan fingerprint density at radius 3 is 2.10 bits per heavy atom. The van der Waals surface area contributed by atoms with Crippen molar-refractivity contribution in [3.63, 3.8) is 0 Å². The molecule has 1 unspecified atom stereocenters. The number of nitrogens with one attached hydrogen (secondary N) is 1. The highest BCUT2D eigenvalue weighted by Crippen LogP contribution is 1.85. The van der Waals surface area contributed by atoms with Gasteiger partial charge in [-0.05, 0) is 13.3 Å². The summed E-state index contributed by atoms with van der Waals surface area (Å²) in [5.74, 6) is 0.0550. The standard InChI is InChI=1S/C6H13NO.C2H6.H2/c1-4-5(2)7-6(3)8;1-2;/h5H,4H2,1-3H3,(H,7,8);1-2H3;1H. The van der Waals surface area contributed by atoms with Crippen LogP contribution in [0, 0.1) is 0 Å². The van der Waals surface area contributed by atoms with Gasteiger partial charge >= 0.3 is 0 Å². The van der Waals surface area contributed by atoms with Crippen molar-refractivity contribution in [1.82, 2.24) is 5.32 Å². The second kappa shape index (κ2) is 8.47. The van der Waals surface area contributed by atoms with E-state index >= 15 is 0 Å². The zero-order valence-corrected chi connectivity index (χ0v) is 7.69. The van der Waals surface area contributed by atoms with Crippen LogP contribution < -0.4 is 5.32 Å². The van der Waals surface area contributed by atoms with Crippen molar-refractivity contribution in [2.24, 2.45) is 0 Å². The minimum absolute atomic E-state index is 0. The minimum atomic E-state index is 0. The Hall–Kier alpha value is -0.530. The van der Waals surface area contributed by atoms with E-state index in [0.717, 1.165) is 6.42 Å². The molecule has 1 atom stereocenters. The van der Waals surface area contributed by atoms with Crippen LogP contribution >= 0.6 is 0 Å². The number of rotatable bonds is 2. The fourth-order valence-corrected chi connectivity index (χ4v) is 0.449. The van der Waals surface area contributed by atoms with Crippen LogP contribution in [0.4, 0.5) is 0 Å². The van der Waals surface area contributed by atoms with Crippen LogP contribution in [0.1, 0.15) is 42.5 Å². The number of carbonyl (C=O) groups is 1. The van der Waals surface area contributed by atoms with E-state index in [0.29, 0.717) is 6.04 Å². The smallest absolute Gasteiger partial charge is 0.217 e. The first-order chi connectivity index (χ1) is 4.66. The van der Waals surface area contributed by atoms with E-state index in [1.54, 1.807) is 0 Å². The summed E-state index contributed by atoms with van der Waals surface area (Å²) in [6.45, 7) is 9.56. The summed E-state index contributed by atoms with van der Waals surface area (Å²) in [5.41, 5.74) is 0. The monoisotopic (exact) mass is 147 g/mol. The average Bonchev–Trinajstić information content (AvgIpc) is 1.91. The molecule has 0 aromatic rings. The molecular formula is C8H21NO. The quantitative estimate of drug-likeness (QED) is 0.637. The molecule has 1 amide bonds. The highest BCUT2D eigenvalue weighted by Gasteiger charge is 1.96. The van der Waals surface area contributed by atoms with E-state index in [-0.39, 0.29) is 7.33 Å². The molecule has 0 rings (SSSR count). The maximum absolute atomic E-state index is 10.3. The molecule has 0 saturated heterocycles. The first-order valence-corrected chi connectivity index (χ1v) is 3.94. The Morgan fingerprint density at radius 1 is 1.60 bits per heavy atom. The molecule has 0 aromatic heterocycles. The SMILES string of the molecule is CC.CCC(C)NC(C)=O.[HH]. The third-order valence-electron chi connectivity index (χ3n) is 1.06. The summed E-state index contributed by atoms with van der Waals surface area (Å²) in [6, 6.07) is 0.326. The van der Waals surface area contributed by atoms with Gasteiger partial charge in [0.05, 0.1) is 0 Å². The Kier molecular flexibility index (Phi) is 10.3. The Labute approximate surface area is 65.5 Å². The zero-order valence-electron chi connectivity index (χ0n) is 7.69. The van der Waals surface area contributed by atoms with Gasteiger partial charge in [0.25, 0.3) is 0 Å². The third kappa shape index (κ3) is 10.5. The molecule has 1 N–H and O–H groups in total. The highest BCUT2D eigenvalue weighted by atomic mass is 16.1. The summed E-state index contributed by atoms with van der Waals surface area (Å²) in [7, 11) is 0. The number of carbonyl (C=O) groups excluding carboxylic acids is 1. The van der Waals surface area contributed by atoms with Gasteiger partial charge in [0.2, 0.25) is 5.91 Å². The summed E-state index contributed by atoms with van der Waals surface area (Å²) in [6.07, 6.45) is 1.000. The van der Waals surface area contributed by atoms with Crippen molar-refractivity contribution in [2.45, 2.75) is 47.1 Å². The average molecular weight is 147 g/mol. The Balaban J connectivity index is -0.000000196. The molecule has 0 fully saturated rings. The molecule has 0 aliphatic rings. The van der Waals surface area contributed by atoms with Crippen molar-refractivity contribution in [3.05, 3.63) is 0 Å². The van der Waals surface area contributed by atoms with Crippen molar-refractivity contribution in [3.8, 4) is 0 Å². The third-order valence-corrected chi connectivity index (χ3v) is 1.06. The van der Waals surface area contributed by atoms with Gasteiger partial charge in [-0.25, -0.2) is 0 Å². The first-order valence-electron chi connectivity index (χ1n) is 3.94. The molecule has 0 aromatic carbocycles. The highest BCUT2D eigenvalue weighted by molar-refractivity contribution is 5.73. The predicted octanol–water partition coefficient (Wildman–Crippen LogP) is 2.19. The summed E-state index contributed by atoms with van der Waals surface area (Å²) in [5, 5.41) is 2.75. The number of hydrogen-bond acceptors (Lipinski definition) is 1. The van der Waals surface area contributed by atoms with Crippen molar-refractivity contribution in [1.29, 1.82) is 0 Å². The zero-order chi connectivity index (χ0) is 8.57. The van der Waals surface area contributed by atoms with E-state index < -0.39 is 0 Å². The van der Waals surface area contributed by atoms with E-state index in [1.165, 1.54) is 6.92 Å². The molecule has 2 heteroatoms. The predicted molar refractivity (Wildman–Crippen MR) is 47.0 cm³/mol. The van der Waals surface area contributed by atoms with E-state index in [4.69, 9.17) is 0 Å². The molecule has 2 nitrogen and oxygen atoms in total. The maximum Gasteiger partial charge on any atom is 0.217 e. The molecule has 0 bridgehead atoms. The van der Waals surface area contributed by atoms with Crippen LogP contribution in [-0.4, -0.2) is 11.9 Å². The van der Waals surface area contributed by atoms with Gasteiger partial charge in [-0.15, -0.1) is 0 Å². The fourth-order valence-electron chi connectivity index (χ4n) is 0.449. The van der Waals surface area contributed by atoms with Gasteiger partial charge in [-0.1, -0.05) is 20.8 Å². The Bertz CT molecular complexity index is 86.2. The lowest BCUT2D eigenvalue weighted by molar-refractivity contribution is -0.119. The number of hydrogen-bond donors (Lipinski definition) is 1. The van der Waals surface area contributed by atoms with E-state index in [9.17, 15) is 4.79 Å². The van der Waals surface area contributed by atoms with Crippen molar-refractivity contribution in [2.75, 3.05) is 0 Å². The van der Waals surface area contributed by atoms with E-state index in [1.807, 2.05) is 27.7 Å². The molecule has 10 heavy (non-hydrogen) atoms. The van der Waals surface area contributed by atoms with Crippen LogP contribution in [0.25, 0.3) is 0 Å². The molecule has 0 saturated carbocycles. The maximum atomic E-state index is 10.3. The van der Waals surface area contributed by atoms with Crippen LogP contribution in [-0.2, 0) is 4.79 Å². The lowest BCUT2D eigenvalue weighted by Crippen LogP contribution is -2.29. The van der Waals surface area contributed by atoms with Crippen LogP contribution in [0.2, 0.25) is 0 Å². The van der Waals surface area contributed by atoms with Crippen LogP contribution in [0.15, 0.2) is 0 Å². The van der Waals surface area contributed by atoms with Crippen LogP contribution in [0.5, 0.6) is 0 Å². The fraction of sp³-hybridized carbons (Fsp3) is 0.875. The molecule has 0 aliphatic heterocycles. The van der Waals surface area contributed by atoms with Gasteiger partial charge in [0.15, 0.2) is 0 Å².